The van der Waals surface area contributed by atoms with Gasteiger partial charge in [-0.25, -0.2) is 9.18 Å². The first-order chi connectivity index (χ1) is 11.6. The monoisotopic (exact) mass is 344 g/mol. The fourth-order valence-electron chi connectivity index (χ4n) is 2.86. The van der Waals surface area contributed by atoms with Gasteiger partial charge in [0.1, 0.15) is 5.82 Å². The Hall–Kier alpha value is -2.20. The maximum atomic E-state index is 13.3. The van der Waals surface area contributed by atoms with E-state index in [2.05, 4.69) is 0 Å². The lowest BCUT2D eigenvalue weighted by Crippen LogP contribution is -2.29. The van der Waals surface area contributed by atoms with Gasteiger partial charge in [-0.15, -0.1) is 0 Å². The van der Waals surface area contributed by atoms with Crippen LogP contribution >= 0.6 is 0 Å². The van der Waals surface area contributed by atoms with Crippen LogP contribution in [0.25, 0.3) is 11.1 Å². The van der Waals surface area contributed by atoms with Gasteiger partial charge in [-0.05, 0) is 69.0 Å². The van der Waals surface area contributed by atoms with Gasteiger partial charge in [-0.3, -0.25) is 0 Å². The molecule has 0 spiro atoms. The predicted octanol–water partition coefficient (Wildman–Crippen LogP) is 5.14. The number of hydrogen-bond acceptors (Lipinski definition) is 3. The molecular weight excluding hydrogens is 319 g/mol. The lowest BCUT2D eigenvalue weighted by Gasteiger charge is -2.29. The van der Waals surface area contributed by atoms with Crippen molar-refractivity contribution in [1.82, 2.24) is 0 Å². The van der Waals surface area contributed by atoms with Crippen LogP contribution in [0.1, 0.15) is 43.6 Å². The molecule has 25 heavy (non-hydrogen) atoms. The zero-order valence-corrected chi connectivity index (χ0v) is 15.6. The summed E-state index contributed by atoms with van der Waals surface area (Å²) in [6.45, 7) is 9.58. The van der Waals surface area contributed by atoms with Gasteiger partial charge in [-0.1, -0.05) is 24.3 Å². The summed E-state index contributed by atoms with van der Waals surface area (Å²) in [5.41, 5.74) is 3.84. The fraction of sp³-hybridized carbons (Fsp3) is 0.381. The molecule has 0 heterocycles. The molecule has 0 amide bonds. The summed E-state index contributed by atoms with van der Waals surface area (Å²) in [7, 11) is 1.35. The molecule has 3 nitrogen and oxygen atoms in total. The van der Waals surface area contributed by atoms with E-state index in [1.54, 1.807) is 12.1 Å². The average molecular weight is 344 g/mol. The van der Waals surface area contributed by atoms with Gasteiger partial charge in [0.15, 0.2) is 6.10 Å². The number of methoxy groups -OCH3 is 1. The van der Waals surface area contributed by atoms with Gasteiger partial charge in [0.05, 0.1) is 12.7 Å². The van der Waals surface area contributed by atoms with E-state index in [9.17, 15) is 9.18 Å². The Bertz CT molecular complexity index is 758. The molecule has 0 aromatic heterocycles. The van der Waals surface area contributed by atoms with Crippen molar-refractivity contribution in [2.75, 3.05) is 7.11 Å². The highest BCUT2D eigenvalue weighted by molar-refractivity contribution is 5.83. The number of rotatable bonds is 4. The van der Waals surface area contributed by atoms with Crippen LogP contribution in [0, 0.1) is 19.7 Å². The molecule has 2 aromatic rings. The van der Waals surface area contributed by atoms with Crippen LogP contribution in [0.3, 0.4) is 0 Å². The number of ether oxygens (including phenoxy) is 2. The lowest BCUT2D eigenvalue weighted by molar-refractivity contribution is -0.164. The van der Waals surface area contributed by atoms with E-state index in [-0.39, 0.29) is 5.82 Å². The normalized spacial score (nSPS) is 12.8. The molecule has 1 atom stereocenters. The number of halogens is 1. The second-order valence-corrected chi connectivity index (χ2v) is 7.13. The minimum Gasteiger partial charge on any atom is -0.467 e. The molecule has 0 aliphatic heterocycles. The zero-order valence-electron chi connectivity index (χ0n) is 15.6. The van der Waals surface area contributed by atoms with E-state index in [0.29, 0.717) is 0 Å². The first-order valence-electron chi connectivity index (χ1n) is 8.25. The number of carbonyl (C=O) groups excluding carboxylic acids is 1. The summed E-state index contributed by atoms with van der Waals surface area (Å²) in [5.74, 6) is -0.752. The molecule has 0 bridgehead atoms. The predicted molar refractivity (Wildman–Crippen MR) is 96.9 cm³/mol. The quantitative estimate of drug-likeness (QED) is 0.721. The second-order valence-electron chi connectivity index (χ2n) is 7.13. The number of esters is 1. The molecule has 1 unspecified atom stereocenters. The summed E-state index contributed by atoms with van der Waals surface area (Å²) in [6.07, 6.45) is -0.857. The van der Waals surface area contributed by atoms with Crippen molar-refractivity contribution in [2.24, 2.45) is 0 Å². The van der Waals surface area contributed by atoms with E-state index in [1.165, 1.54) is 19.2 Å². The van der Waals surface area contributed by atoms with Crippen LogP contribution in [0.5, 0.6) is 0 Å². The van der Waals surface area contributed by atoms with Gasteiger partial charge in [0, 0.05) is 5.56 Å². The Kier molecular flexibility index (Phi) is 5.63. The summed E-state index contributed by atoms with van der Waals surface area (Å²) in [4.78, 5) is 12.5. The molecule has 134 valence electrons. The topological polar surface area (TPSA) is 35.5 Å². The van der Waals surface area contributed by atoms with E-state index in [0.717, 1.165) is 27.8 Å². The van der Waals surface area contributed by atoms with E-state index >= 15 is 0 Å². The third kappa shape index (κ3) is 4.45. The van der Waals surface area contributed by atoms with Gasteiger partial charge in [0.25, 0.3) is 0 Å². The minimum absolute atomic E-state index is 0.300. The van der Waals surface area contributed by atoms with Crippen molar-refractivity contribution in [3.63, 3.8) is 0 Å². The van der Waals surface area contributed by atoms with Crippen LogP contribution in [-0.2, 0) is 14.3 Å². The third-order valence-corrected chi connectivity index (χ3v) is 3.95. The standard InChI is InChI=1S/C21H25FO3/c1-13-7-8-14(2)18(17(13)15-9-11-16(22)12-10-15)19(20(23)24-6)25-21(3,4)5/h7-12,19H,1-6H3. The molecule has 2 rings (SSSR count). The molecule has 0 aliphatic rings. The Morgan fingerprint density at radius 3 is 2.08 bits per heavy atom. The van der Waals surface area contributed by atoms with Gasteiger partial charge >= 0.3 is 5.97 Å². The average Bonchev–Trinajstić information content (AvgIpc) is 2.54. The molecule has 0 saturated carbocycles. The molecule has 0 fully saturated rings. The molecule has 0 radical (unpaired) electrons. The van der Waals surface area contributed by atoms with Crippen molar-refractivity contribution in [3.8, 4) is 11.1 Å². The number of hydrogen-bond donors (Lipinski definition) is 0. The number of carbonyl (C=O) groups is 1. The minimum atomic E-state index is -0.857. The molecule has 0 aliphatic carbocycles. The Morgan fingerprint density at radius 2 is 1.56 bits per heavy atom. The van der Waals surface area contributed by atoms with Crippen LogP contribution in [0.4, 0.5) is 4.39 Å². The van der Waals surface area contributed by atoms with E-state index < -0.39 is 17.7 Å². The molecule has 4 heteroatoms. The summed E-state index contributed by atoms with van der Waals surface area (Å²) in [5, 5.41) is 0. The second kappa shape index (κ2) is 7.36. The molecule has 0 N–H and O–H groups in total. The maximum absolute atomic E-state index is 13.3. The highest BCUT2D eigenvalue weighted by atomic mass is 19.1. The van der Waals surface area contributed by atoms with Crippen molar-refractivity contribution >= 4 is 5.97 Å². The number of aryl methyl sites for hydroxylation is 2. The van der Waals surface area contributed by atoms with Crippen molar-refractivity contribution in [1.29, 1.82) is 0 Å². The van der Waals surface area contributed by atoms with Crippen molar-refractivity contribution < 1.29 is 18.7 Å². The number of benzene rings is 2. The third-order valence-electron chi connectivity index (χ3n) is 3.95. The molecular formula is C21H25FO3. The largest absolute Gasteiger partial charge is 0.467 e. The SMILES string of the molecule is COC(=O)C(OC(C)(C)C)c1c(C)ccc(C)c1-c1ccc(F)cc1. The Labute approximate surface area is 148 Å². The smallest absolute Gasteiger partial charge is 0.339 e. The van der Waals surface area contributed by atoms with Crippen molar-refractivity contribution in [2.45, 2.75) is 46.3 Å². The first-order valence-corrected chi connectivity index (χ1v) is 8.25. The van der Waals surface area contributed by atoms with E-state index in [4.69, 9.17) is 9.47 Å². The van der Waals surface area contributed by atoms with E-state index in [1.807, 2.05) is 46.8 Å². The summed E-state index contributed by atoms with van der Waals surface area (Å²) < 4.78 is 24.4. The highest BCUT2D eigenvalue weighted by Gasteiger charge is 2.32. The maximum Gasteiger partial charge on any atom is 0.339 e. The van der Waals surface area contributed by atoms with Crippen LogP contribution in [0.15, 0.2) is 36.4 Å². The van der Waals surface area contributed by atoms with Crippen LogP contribution in [-0.4, -0.2) is 18.7 Å². The van der Waals surface area contributed by atoms with Gasteiger partial charge in [0.2, 0.25) is 0 Å². The van der Waals surface area contributed by atoms with Gasteiger partial charge < -0.3 is 9.47 Å². The van der Waals surface area contributed by atoms with Crippen LogP contribution in [0.2, 0.25) is 0 Å². The zero-order chi connectivity index (χ0) is 18.8. The molecule has 0 saturated heterocycles. The Balaban J connectivity index is 2.71. The summed E-state index contributed by atoms with van der Waals surface area (Å²) >= 11 is 0. The Morgan fingerprint density at radius 1 is 1.00 bits per heavy atom. The fourth-order valence-corrected chi connectivity index (χ4v) is 2.86. The van der Waals surface area contributed by atoms with Gasteiger partial charge in [-0.2, -0.15) is 0 Å². The van der Waals surface area contributed by atoms with Crippen LogP contribution < -0.4 is 0 Å². The summed E-state index contributed by atoms with van der Waals surface area (Å²) in [6, 6.07) is 10.2. The molecule has 2 aromatic carbocycles. The van der Waals surface area contributed by atoms with Crippen molar-refractivity contribution in [3.05, 3.63) is 58.9 Å². The lowest BCUT2D eigenvalue weighted by atomic mass is 9.88. The first kappa shape index (κ1) is 19.1. The highest BCUT2D eigenvalue weighted by Crippen LogP contribution is 2.37.